The Hall–Kier alpha value is -1.40. The standard InChI is InChI=1S/C15H10O4S.Na/c1-19-14-9(15(17)18)6-7-11-12(14)13(16)8-4-2-3-5-10(8)20-11;/h2-7H,1H3,(H,17,18);/q;+1/p-1. The Morgan fingerprint density at radius 1 is 1.14 bits per heavy atom. The van der Waals surface area contributed by atoms with Gasteiger partial charge in [-0.05, 0) is 24.3 Å². The van der Waals surface area contributed by atoms with Crippen molar-refractivity contribution in [1.29, 1.82) is 0 Å². The first-order valence-electron chi connectivity index (χ1n) is 5.87. The van der Waals surface area contributed by atoms with Crippen LogP contribution in [0.2, 0.25) is 0 Å². The van der Waals surface area contributed by atoms with Gasteiger partial charge < -0.3 is 14.6 Å². The maximum absolute atomic E-state index is 12.6. The summed E-state index contributed by atoms with van der Waals surface area (Å²) < 4.78 is 6.68. The number of carbonyl (C=O) groups is 1. The van der Waals surface area contributed by atoms with Crippen LogP contribution in [0.5, 0.6) is 5.75 Å². The van der Waals surface area contributed by atoms with Crippen LogP contribution in [0, 0.1) is 0 Å². The molecule has 21 heavy (non-hydrogen) atoms. The molecule has 0 bridgehead atoms. The minimum absolute atomic E-state index is 0. The smallest absolute Gasteiger partial charge is 0.545 e. The molecule has 0 amide bonds. The SMILES string of the molecule is COc1c(C(=O)[O-])ccc2sc3ccccc3c(=O)c12.[Na+]. The minimum atomic E-state index is -1.36. The third kappa shape index (κ3) is 2.58. The van der Waals surface area contributed by atoms with Crippen LogP contribution in [0.4, 0.5) is 0 Å². The van der Waals surface area contributed by atoms with Crippen molar-refractivity contribution < 1.29 is 44.2 Å². The molecule has 0 saturated carbocycles. The summed E-state index contributed by atoms with van der Waals surface area (Å²) >= 11 is 1.42. The number of rotatable bonds is 2. The first-order chi connectivity index (χ1) is 9.63. The van der Waals surface area contributed by atoms with Crippen molar-refractivity contribution >= 4 is 37.5 Å². The Morgan fingerprint density at radius 2 is 1.86 bits per heavy atom. The van der Waals surface area contributed by atoms with Gasteiger partial charge in [-0.2, -0.15) is 0 Å². The number of benzene rings is 2. The molecule has 0 aliphatic rings. The molecule has 4 nitrogen and oxygen atoms in total. The number of fused-ring (bicyclic) bond motifs is 2. The molecule has 0 atom stereocenters. The normalized spacial score (nSPS) is 10.3. The second-order valence-corrected chi connectivity index (χ2v) is 5.32. The van der Waals surface area contributed by atoms with E-state index < -0.39 is 5.97 Å². The van der Waals surface area contributed by atoms with E-state index in [-0.39, 0.29) is 51.7 Å². The van der Waals surface area contributed by atoms with E-state index in [0.29, 0.717) is 10.1 Å². The first kappa shape index (κ1) is 16.0. The number of hydrogen-bond acceptors (Lipinski definition) is 5. The molecule has 2 aromatic carbocycles. The van der Waals surface area contributed by atoms with Crippen LogP contribution in [-0.4, -0.2) is 13.1 Å². The van der Waals surface area contributed by atoms with E-state index in [1.807, 2.05) is 12.1 Å². The molecule has 1 aromatic heterocycles. The zero-order valence-corrected chi connectivity index (χ0v) is 14.3. The van der Waals surface area contributed by atoms with Crippen LogP contribution in [0.25, 0.3) is 20.2 Å². The van der Waals surface area contributed by atoms with Crippen molar-refractivity contribution in [3.8, 4) is 5.75 Å². The predicted octanol–water partition coefficient (Wildman–Crippen LogP) is -1.21. The fourth-order valence-corrected chi connectivity index (χ4v) is 3.31. The summed E-state index contributed by atoms with van der Waals surface area (Å²) in [6, 6.07) is 10.2. The molecule has 0 aliphatic carbocycles. The van der Waals surface area contributed by atoms with Crippen molar-refractivity contribution in [1.82, 2.24) is 0 Å². The van der Waals surface area contributed by atoms with Gasteiger partial charge >= 0.3 is 29.6 Å². The third-order valence-electron chi connectivity index (χ3n) is 3.12. The van der Waals surface area contributed by atoms with Gasteiger partial charge in [0.25, 0.3) is 0 Å². The average Bonchev–Trinajstić information content (AvgIpc) is 2.46. The summed E-state index contributed by atoms with van der Waals surface area (Å²) in [4.78, 5) is 23.7. The number of ether oxygens (including phenoxy) is 1. The number of carbonyl (C=O) groups excluding carboxylic acids is 1. The Kier molecular flexibility index (Phi) is 4.68. The van der Waals surface area contributed by atoms with Crippen molar-refractivity contribution in [3.05, 3.63) is 52.2 Å². The Bertz CT molecular complexity index is 901. The number of carboxylic acids is 1. The molecule has 0 radical (unpaired) electrons. The maximum atomic E-state index is 12.6. The van der Waals surface area contributed by atoms with Crippen LogP contribution in [0.15, 0.2) is 41.2 Å². The summed E-state index contributed by atoms with van der Waals surface area (Å²) in [6.07, 6.45) is 0. The van der Waals surface area contributed by atoms with E-state index in [4.69, 9.17) is 4.74 Å². The minimum Gasteiger partial charge on any atom is -0.545 e. The molecule has 6 heteroatoms. The molecule has 3 aromatic rings. The van der Waals surface area contributed by atoms with E-state index in [2.05, 4.69) is 0 Å². The predicted molar refractivity (Wildman–Crippen MR) is 76.5 cm³/mol. The van der Waals surface area contributed by atoms with Gasteiger partial charge in [0, 0.05) is 20.3 Å². The first-order valence-corrected chi connectivity index (χ1v) is 6.69. The Balaban J connectivity index is 0.00000161. The van der Waals surface area contributed by atoms with E-state index in [9.17, 15) is 14.7 Å². The average molecular weight is 308 g/mol. The summed E-state index contributed by atoms with van der Waals surface area (Å²) in [6.45, 7) is 0. The van der Waals surface area contributed by atoms with Crippen LogP contribution < -0.4 is 44.8 Å². The zero-order valence-electron chi connectivity index (χ0n) is 11.5. The molecule has 0 aliphatic heterocycles. The summed E-state index contributed by atoms with van der Waals surface area (Å²) in [5.41, 5.74) is -0.339. The molecule has 0 spiro atoms. The van der Waals surface area contributed by atoms with E-state index in [0.717, 1.165) is 4.70 Å². The molecular weight excluding hydrogens is 299 g/mol. The molecule has 3 rings (SSSR count). The molecule has 0 fully saturated rings. The molecule has 100 valence electrons. The van der Waals surface area contributed by atoms with Crippen LogP contribution >= 0.6 is 11.3 Å². The number of aromatic carboxylic acids is 1. The molecule has 0 saturated heterocycles. The van der Waals surface area contributed by atoms with Gasteiger partial charge in [-0.3, -0.25) is 4.79 Å². The second-order valence-electron chi connectivity index (χ2n) is 4.23. The van der Waals surface area contributed by atoms with E-state index in [1.165, 1.54) is 24.5 Å². The topological polar surface area (TPSA) is 66.4 Å². The van der Waals surface area contributed by atoms with Gasteiger partial charge in [0.15, 0.2) is 5.43 Å². The van der Waals surface area contributed by atoms with Crippen molar-refractivity contribution in [2.45, 2.75) is 0 Å². The largest absolute Gasteiger partial charge is 1.00 e. The van der Waals surface area contributed by atoms with Gasteiger partial charge in [-0.15, -0.1) is 11.3 Å². The quantitative estimate of drug-likeness (QED) is 0.440. The van der Waals surface area contributed by atoms with Gasteiger partial charge in [0.1, 0.15) is 5.75 Å². The summed E-state index contributed by atoms with van der Waals surface area (Å²) in [7, 11) is 1.35. The van der Waals surface area contributed by atoms with Gasteiger partial charge in [0.2, 0.25) is 0 Å². The summed E-state index contributed by atoms with van der Waals surface area (Å²) in [5, 5.41) is 12.0. The van der Waals surface area contributed by atoms with Crippen LogP contribution in [0.3, 0.4) is 0 Å². The number of carboxylic acid groups (broad SMARTS) is 1. The molecular formula is C15H9NaO4S. The number of methoxy groups -OCH3 is 1. The zero-order chi connectivity index (χ0) is 14.3. The van der Waals surface area contributed by atoms with Crippen LogP contribution in [-0.2, 0) is 0 Å². The monoisotopic (exact) mass is 308 g/mol. The fraction of sp³-hybridized carbons (Fsp3) is 0.0667. The fourth-order valence-electron chi connectivity index (χ4n) is 2.23. The maximum Gasteiger partial charge on any atom is 1.00 e. The van der Waals surface area contributed by atoms with E-state index >= 15 is 0 Å². The Morgan fingerprint density at radius 3 is 2.52 bits per heavy atom. The van der Waals surface area contributed by atoms with Crippen molar-refractivity contribution in [2.24, 2.45) is 0 Å². The molecule has 0 unspecified atom stereocenters. The van der Waals surface area contributed by atoms with Gasteiger partial charge in [-0.25, -0.2) is 0 Å². The molecule has 0 N–H and O–H groups in total. The Labute approximate surface area is 146 Å². The van der Waals surface area contributed by atoms with Crippen LogP contribution in [0.1, 0.15) is 10.4 Å². The second kappa shape index (κ2) is 6.15. The van der Waals surface area contributed by atoms with E-state index in [1.54, 1.807) is 18.2 Å². The van der Waals surface area contributed by atoms with Gasteiger partial charge in [0.05, 0.1) is 18.5 Å². The molecule has 1 heterocycles. The third-order valence-corrected chi connectivity index (χ3v) is 4.26. The number of hydrogen-bond donors (Lipinski definition) is 0. The van der Waals surface area contributed by atoms with Gasteiger partial charge in [-0.1, -0.05) is 12.1 Å². The summed E-state index contributed by atoms with van der Waals surface area (Å²) in [5.74, 6) is -1.30. The van der Waals surface area contributed by atoms with Crippen molar-refractivity contribution in [3.63, 3.8) is 0 Å². The van der Waals surface area contributed by atoms with Crippen molar-refractivity contribution in [2.75, 3.05) is 7.11 Å².